The summed E-state index contributed by atoms with van der Waals surface area (Å²) in [4.78, 5) is 11.0. The van der Waals surface area contributed by atoms with E-state index in [1.54, 1.807) is 0 Å². The number of rotatable bonds is 12. The molecule has 2 heteroatoms. The number of carbonyl (C=O) groups is 1. The first kappa shape index (κ1) is 21.4. The van der Waals surface area contributed by atoms with Crippen LogP contribution in [0.2, 0.25) is 0 Å². The molecule has 0 atom stereocenters. The molecule has 0 aliphatic rings. The van der Waals surface area contributed by atoms with Crippen molar-refractivity contribution in [1.82, 2.24) is 0 Å². The van der Waals surface area contributed by atoms with Gasteiger partial charge in [0.1, 0.15) is 0 Å². The van der Waals surface area contributed by atoms with Gasteiger partial charge in [-0.2, -0.15) is 0 Å². The molecule has 0 aromatic heterocycles. The average molecular weight is 391 g/mol. The van der Waals surface area contributed by atoms with Crippen molar-refractivity contribution in [2.45, 2.75) is 70.6 Å². The van der Waals surface area contributed by atoms with Crippen LogP contribution < -0.4 is 0 Å². The molecular weight excluding hydrogens is 356 g/mol. The van der Waals surface area contributed by atoms with E-state index in [0.29, 0.717) is 6.42 Å². The highest BCUT2D eigenvalue weighted by Gasteiger charge is 2.01. The minimum atomic E-state index is -0.0789. The van der Waals surface area contributed by atoms with Gasteiger partial charge in [-0.1, -0.05) is 87.4 Å². The summed E-state index contributed by atoms with van der Waals surface area (Å²) in [6, 6.07) is 20.2. The van der Waals surface area contributed by atoms with Crippen molar-refractivity contribution in [1.29, 1.82) is 0 Å². The molecular formula is C27H34O2. The van der Waals surface area contributed by atoms with Crippen molar-refractivity contribution < 1.29 is 9.53 Å². The highest BCUT2D eigenvalue weighted by atomic mass is 16.5. The van der Waals surface area contributed by atoms with Crippen LogP contribution >= 0.6 is 0 Å². The Morgan fingerprint density at radius 1 is 0.655 bits per heavy atom. The zero-order chi connectivity index (χ0) is 20.3. The zero-order valence-electron chi connectivity index (χ0n) is 17.8. The SMILES string of the molecule is COC(=O)CCCCCCCCCCCc1ccc2cc3ccccc3cc2c1. The third-order valence-corrected chi connectivity index (χ3v) is 5.84. The number of benzene rings is 3. The fourth-order valence-corrected chi connectivity index (χ4v) is 4.08. The van der Waals surface area contributed by atoms with Gasteiger partial charge in [0.05, 0.1) is 7.11 Å². The number of unbranched alkanes of at least 4 members (excludes halogenated alkanes) is 8. The molecule has 0 radical (unpaired) electrons. The molecule has 0 aliphatic carbocycles. The predicted molar refractivity (Wildman–Crippen MR) is 123 cm³/mol. The van der Waals surface area contributed by atoms with Crippen LogP contribution in [-0.2, 0) is 16.0 Å². The molecule has 0 bridgehead atoms. The number of hydrogen-bond acceptors (Lipinski definition) is 2. The molecule has 2 nitrogen and oxygen atoms in total. The van der Waals surface area contributed by atoms with E-state index in [0.717, 1.165) is 12.8 Å². The Morgan fingerprint density at radius 2 is 1.21 bits per heavy atom. The fourth-order valence-electron chi connectivity index (χ4n) is 4.08. The van der Waals surface area contributed by atoms with Gasteiger partial charge in [-0.05, 0) is 58.5 Å². The second-order valence-electron chi connectivity index (χ2n) is 8.14. The Balaban J connectivity index is 1.30. The maximum Gasteiger partial charge on any atom is 0.305 e. The van der Waals surface area contributed by atoms with E-state index in [2.05, 4.69) is 59.3 Å². The maximum atomic E-state index is 11.0. The summed E-state index contributed by atoms with van der Waals surface area (Å²) in [5, 5.41) is 5.33. The first-order chi connectivity index (χ1) is 14.3. The molecule has 0 heterocycles. The Kier molecular flexibility index (Phi) is 8.55. The highest BCUT2D eigenvalue weighted by Crippen LogP contribution is 2.24. The largest absolute Gasteiger partial charge is 0.469 e. The summed E-state index contributed by atoms with van der Waals surface area (Å²) < 4.78 is 4.66. The molecule has 3 aromatic carbocycles. The van der Waals surface area contributed by atoms with Gasteiger partial charge >= 0.3 is 5.97 Å². The number of fused-ring (bicyclic) bond motifs is 2. The number of ether oxygens (including phenoxy) is 1. The minimum Gasteiger partial charge on any atom is -0.469 e. The molecule has 154 valence electrons. The van der Waals surface area contributed by atoms with Gasteiger partial charge in [-0.15, -0.1) is 0 Å². The summed E-state index contributed by atoms with van der Waals surface area (Å²) in [5.41, 5.74) is 1.46. The minimum absolute atomic E-state index is 0.0789. The Bertz CT molecular complexity index is 913. The summed E-state index contributed by atoms with van der Waals surface area (Å²) in [6.07, 6.45) is 13.0. The molecule has 0 aliphatic heterocycles. The molecule has 29 heavy (non-hydrogen) atoms. The lowest BCUT2D eigenvalue weighted by Crippen LogP contribution is -1.99. The summed E-state index contributed by atoms with van der Waals surface area (Å²) in [7, 11) is 1.46. The molecule has 0 N–H and O–H groups in total. The maximum absolute atomic E-state index is 11.0. The summed E-state index contributed by atoms with van der Waals surface area (Å²) in [5.74, 6) is -0.0789. The Hall–Kier alpha value is -2.35. The predicted octanol–water partition coefficient (Wildman–Crippen LogP) is 7.61. The van der Waals surface area contributed by atoms with Gasteiger partial charge in [0.15, 0.2) is 0 Å². The molecule has 0 saturated carbocycles. The molecule has 0 unspecified atom stereocenters. The van der Waals surface area contributed by atoms with Crippen LogP contribution in [0, 0.1) is 0 Å². The van der Waals surface area contributed by atoms with E-state index < -0.39 is 0 Å². The monoisotopic (exact) mass is 390 g/mol. The first-order valence-electron chi connectivity index (χ1n) is 11.2. The van der Waals surface area contributed by atoms with Crippen molar-refractivity contribution >= 4 is 27.5 Å². The third kappa shape index (κ3) is 6.88. The smallest absolute Gasteiger partial charge is 0.305 e. The van der Waals surface area contributed by atoms with E-state index >= 15 is 0 Å². The van der Waals surface area contributed by atoms with E-state index in [1.807, 2.05) is 0 Å². The van der Waals surface area contributed by atoms with Gasteiger partial charge in [0.2, 0.25) is 0 Å². The molecule has 0 saturated heterocycles. The summed E-state index contributed by atoms with van der Waals surface area (Å²) in [6.45, 7) is 0. The van der Waals surface area contributed by atoms with Crippen molar-refractivity contribution in [3.8, 4) is 0 Å². The van der Waals surface area contributed by atoms with Crippen LogP contribution in [0.15, 0.2) is 54.6 Å². The number of hydrogen-bond donors (Lipinski definition) is 0. The van der Waals surface area contributed by atoms with Gasteiger partial charge in [-0.25, -0.2) is 0 Å². The van der Waals surface area contributed by atoms with Crippen molar-refractivity contribution in [2.24, 2.45) is 0 Å². The number of aryl methyl sites for hydroxylation is 1. The molecule has 0 amide bonds. The molecule has 0 spiro atoms. The number of esters is 1. The Morgan fingerprint density at radius 3 is 1.86 bits per heavy atom. The zero-order valence-corrected chi connectivity index (χ0v) is 17.8. The lowest BCUT2D eigenvalue weighted by molar-refractivity contribution is -0.140. The normalized spacial score (nSPS) is 11.2. The second-order valence-corrected chi connectivity index (χ2v) is 8.14. The van der Waals surface area contributed by atoms with Gasteiger partial charge in [0, 0.05) is 6.42 Å². The van der Waals surface area contributed by atoms with Crippen LogP contribution in [0.5, 0.6) is 0 Å². The quantitative estimate of drug-likeness (QED) is 0.181. The van der Waals surface area contributed by atoms with Crippen molar-refractivity contribution in [2.75, 3.05) is 7.11 Å². The topological polar surface area (TPSA) is 26.3 Å². The molecule has 3 rings (SSSR count). The van der Waals surface area contributed by atoms with Crippen LogP contribution in [0.1, 0.15) is 69.8 Å². The first-order valence-corrected chi connectivity index (χ1v) is 11.2. The Labute approximate surface area is 175 Å². The van der Waals surface area contributed by atoms with Crippen LogP contribution in [0.25, 0.3) is 21.5 Å². The van der Waals surface area contributed by atoms with Gasteiger partial charge in [-0.3, -0.25) is 4.79 Å². The average Bonchev–Trinajstić information content (AvgIpc) is 2.75. The molecule has 3 aromatic rings. The summed E-state index contributed by atoms with van der Waals surface area (Å²) >= 11 is 0. The van der Waals surface area contributed by atoms with Crippen LogP contribution in [0.3, 0.4) is 0 Å². The van der Waals surface area contributed by atoms with Crippen LogP contribution in [0.4, 0.5) is 0 Å². The van der Waals surface area contributed by atoms with Crippen molar-refractivity contribution in [3.05, 3.63) is 60.2 Å². The standard InChI is InChI=1S/C27H34O2/c1-29-27(28)16-10-8-6-4-2-3-5-7-9-13-22-17-18-25-20-23-14-11-12-15-24(23)21-26(25)19-22/h11-12,14-15,17-21H,2-10,13,16H2,1H3. The molecule has 0 fully saturated rings. The van der Waals surface area contributed by atoms with Crippen molar-refractivity contribution in [3.63, 3.8) is 0 Å². The van der Waals surface area contributed by atoms with E-state index in [-0.39, 0.29) is 5.97 Å². The lowest BCUT2D eigenvalue weighted by Gasteiger charge is -2.06. The lowest BCUT2D eigenvalue weighted by atomic mass is 9.99. The van der Waals surface area contributed by atoms with Gasteiger partial charge in [0.25, 0.3) is 0 Å². The highest BCUT2D eigenvalue weighted by molar-refractivity contribution is 5.98. The fraction of sp³-hybridized carbons (Fsp3) is 0.444. The van der Waals surface area contributed by atoms with Gasteiger partial charge < -0.3 is 4.74 Å². The van der Waals surface area contributed by atoms with E-state index in [4.69, 9.17) is 0 Å². The third-order valence-electron chi connectivity index (χ3n) is 5.84. The number of carbonyl (C=O) groups excluding carboxylic acids is 1. The van der Waals surface area contributed by atoms with E-state index in [9.17, 15) is 4.79 Å². The van der Waals surface area contributed by atoms with Crippen LogP contribution in [-0.4, -0.2) is 13.1 Å². The second kappa shape index (κ2) is 11.6. The van der Waals surface area contributed by atoms with E-state index in [1.165, 1.54) is 85.6 Å². The number of methoxy groups -OCH3 is 1.